The van der Waals surface area contributed by atoms with Crippen molar-refractivity contribution in [2.45, 2.75) is 9.79 Å². The third kappa shape index (κ3) is 4.86. The number of hydrogen-bond acceptors (Lipinski definition) is 6. The summed E-state index contributed by atoms with van der Waals surface area (Å²) in [5, 5.41) is 9.37. The highest BCUT2D eigenvalue weighted by Crippen LogP contribution is 2.29. The first-order chi connectivity index (χ1) is 14.1. The van der Waals surface area contributed by atoms with Gasteiger partial charge in [-0.1, -0.05) is 23.7 Å². The van der Waals surface area contributed by atoms with Gasteiger partial charge in [-0.25, -0.2) is 19.3 Å². The fourth-order valence-corrected chi connectivity index (χ4v) is 3.74. The molecule has 0 fully saturated rings. The van der Waals surface area contributed by atoms with E-state index in [2.05, 4.69) is 10.0 Å². The highest BCUT2D eigenvalue weighted by Gasteiger charge is 2.10. The van der Waals surface area contributed by atoms with Crippen molar-refractivity contribution in [2.75, 3.05) is 10.0 Å². The van der Waals surface area contributed by atoms with Crippen molar-refractivity contribution < 1.29 is 4.21 Å². The molecule has 4 aromatic rings. The number of benzene rings is 3. The van der Waals surface area contributed by atoms with Crippen molar-refractivity contribution in [2.24, 2.45) is 5.14 Å². The summed E-state index contributed by atoms with van der Waals surface area (Å²) < 4.78 is 14.6. The van der Waals surface area contributed by atoms with Crippen LogP contribution in [0, 0.1) is 0 Å². The number of nitrogens with zero attached hydrogens (tertiary/aromatic N) is 2. The highest BCUT2D eigenvalue weighted by atomic mass is 35.5. The summed E-state index contributed by atoms with van der Waals surface area (Å²) in [6, 6.07) is 22.2. The topological polar surface area (TPSA) is 92.9 Å². The zero-order chi connectivity index (χ0) is 20.2. The van der Waals surface area contributed by atoms with Gasteiger partial charge < -0.3 is 10.0 Å². The van der Waals surface area contributed by atoms with Gasteiger partial charge in [0.1, 0.15) is 11.0 Å². The van der Waals surface area contributed by atoms with Gasteiger partial charge in [0.2, 0.25) is 0 Å². The summed E-state index contributed by atoms with van der Waals surface area (Å²) in [7, 11) is -1.51. The molecule has 0 saturated carbocycles. The number of nitrogens with two attached hydrogens (primary N) is 1. The van der Waals surface area contributed by atoms with E-state index >= 15 is 0 Å². The quantitative estimate of drug-likeness (QED) is 0.359. The molecular formula is C20H16ClN5OS2. The molecule has 146 valence electrons. The van der Waals surface area contributed by atoms with E-state index in [9.17, 15) is 4.21 Å². The lowest BCUT2D eigenvalue weighted by Gasteiger charge is -2.13. The second-order valence-corrected chi connectivity index (χ2v) is 8.40. The summed E-state index contributed by atoms with van der Waals surface area (Å²) >= 11 is 7.37. The highest BCUT2D eigenvalue weighted by molar-refractivity contribution is 8.00. The lowest BCUT2D eigenvalue weighted by atomic mass is 10.3. The van der Waals surface area contributed by atoms with E-state index in [1.54, 1.807) is 24.3 Å². The molecular weight excluding hydrogens is 426 g/mol. The number of para-hydroxylation sites is 2. The maximum atomic E-state index is 11.4. The predicted octanol–water partition coefficient (Wildman–Crippen LogP) is 5.13. The SMILES string of the molecule is NS(=O)c1ccc(Nc2nc3ccccc3nc2NSc2ccc(Cl)cc2)cc1. The first-order valence-electron chi connectivity index (χ1n) is 8.57. The Balaban J connectivity index is 1.64. The normalized spacial score (nSPS) is 11.9. The van der Waals surface area contributed by atoms with E-state index in [1.165, 1.54) is 11.9 Å². The van der Waals surface area contributed by atoms with Crippen LogP contribution < -0.4 is 15.2 Å². The summed E-state index contributed by atoms with van der Waals surface area (Å²) in [5.41, 5.74) is 2.34. The monoisotopic (exact) mass is 441 g/mol. The van der Waals surface area contributed by atoms with Crippen LogP contribution in [0.2, 0.25) is 5.02 Å². The van der Waals surface area contributed by atoms with Crippen LogP contribution in [0.4, 0.5) is 17.3 Å². The maximum absolute atomic E-state index is 11.4. The first-order valence-corrected chi connectivity index (χ1v) is 11.0. The number of rotatable bonds is 6. The molecule has 4 N–H and O–H groups in total. The molecule has 0 spiro atoms. The van der Waals surface area contributed by atoms with Crippen molar-refractivity contribution in [3.8, 4) is 0 Å². The van der Waals surface area contributed by atoms with E-state index < -0.39 is 11.0 Å². The number of aromatic nitrogens is 2. The van der Waals surface area contributed by atoms with Gasteiger partial charge >= 0.3 is 0 Å². The predicted molar refractivity (Wildman–Crippen MR) is 121 cm³/mol. The minimum atomic E-state index is -1.51. The number of anilines is 3. The lowest BCUT2D eigenvalue weighted by molar-refractivity contribution is 0.684. The number of nitrogens with one attached hydrogen (secondary N) is 2. The second kappa shape index (κ2) is 8.79. The third-order valence-electron chi connectivity index (χ3n) is 4.00. The van der Waals surface area contributed by atoms with Crippen molar-refractivity contribution in [3.63, 3.8) is 0 Å². The summed E-state index contributed by atoms with van der Waals surface area (Å²) in [6.45, 7) is 0. The van der Waals surface area contributed by atoms with Crippen molar-refractivity contribution in [1.29, 1.82) is 0 Å². The van der Waals surface area contributed by atoms with Gasteiger partial charge in [-0.05, 0) is 72.6 Å². The van der Waals surface area contributed by atoms with E-state index in [-0.39, 0.29) is 0 Å². The molecule has 1 aromatic heterocycles. The van der Waals surface area contributed by atoms with Crippen LogP contribution in [0.25, 0.3) is 11.0 Å². The van der Waals surface area contributed by atoms with Crippen LogP contribution in [0.5, 0.6) is 0 Å². The average Bonchev–Trinajstić information content (AvgIpc) is 2.73. The molecule has 29 heavy (non-hydrogen) atoms. The lowest BCUT2D eigenvalue weighted by Crippen LogP contribution is -2.04. The van der Waals surface area contributed by atoms with Crippen LogP contribution in [0.15, 0.2) is 82.6 Å². The van der Waals surface area contributed by atoms with Crippen LogP contribution >= 0.6 is 23.5 Å². The Kier molecular flexibility index (Phi) is 5.96. The van der Waals surface area contributed by atoms with Gasteiger partial charge in [0, 0.05) is 15.6 Å². The van der Waals surface area contributed by atoms with Gasteiger partial charge in [0.15, 0.2) is 11.6 Å². The van der Waals surface area contributed by atoms with Crippen molar-refractivity contribution in [3.05, 3.63) is 77.8 Å². The Bertz CT molecular complexity index is 1170. The van der Waals surface area contributed by atoms with Crippen LogP contribution in [-0.2, 0) is 11.0 Å². The Morgan fingerprint density at radius 3 is 2.10 bits per heavy atom. The molecule has 1 atom stereocenters. The van der Waals surface area contributed by atoms with Crippen LogP contribution in [0.3, 0.4) is 0 Å². The van der Waals surface area contributed by atoms with Gasteiger partial charge in [-0.2, -0.15) is 0 Å². The summed E-state index contributed by atoms with van der Waals surface area (Å²) in [5.74, 6) is 1.17. The first kappa shape index (κ1) is 19.7. The van der Waals surface area contributed by atoms with Gasteiger partial charge in [0.25, 0.3) is 0 Å². The minimum absolute atomic E-state index is 0.553. The van der Waals surface area contributed by atoms with Crippen molar-refractivity contribution in [1.82, 2.24) is 9.97 Å². The van der Waals surface area contributed by atoms with E-state index in [0.29, 0.717) is 21.6 Å². The molecule has 9 heteroatoms. The van der Waals surface area contributed by atoms with Gasteiger partial charge in [-0.15, -0.1) is 0 Å². The number of hydrogen-bond donors (Lipinski definition) is 3. The smallest absolute Gasteiger partial charge is 0.180 e. The van der Waals surface area contributed by atoms with Crippen molar-refractivity contribution >= 4 is 62.9 Å². The average molecular weight is 442 g/mol. The Labute approximate surface area is 179 Å². The zero-order valence-corrected chi connectivity index (χ0v) is 17.4. The largest absolute Gasteiger partial charge is 0.337 e. The van der Waals surface area contributed by atoms with Gasteiger partial charge in [0.05, 0.1) is 15.9 Å². The molecule has 0 aliphatic carbocycles. The number of halogens is 1. The molecule has 1 heterocycles. The Morgan fingerprint density at radius 2 is 1.48 bits per heavy atom. The molecule has 0 radical (unpaired) electrons. The minimum Gasteiger partial charge on any atom is -0.337 e. The summed E-state index contributed by atoms with van der Waals surface area (Å²) in [4.78, 5) is 10.9. The molecule has 0 bridgehead atoms. The molecule has 4 rings (SSSR count). The fourth-order valence-electron chi connectivity index (χ4n) is 2.58. The molecule has 0 aliphatic rings. The number of fused-ring (bicyclic) bond motifs is 1. The van der Waals surface area contributed by atoms with E-state index in [0.717, 1.165) is 21.6 Å². The zero-order valence-electron chi connectivity index (χ0n) is 15.0. The Morgan fingerprint density at radius 1 is 0.862 bits per heavy atom. The van der Waals surface area contributed by atoms with E-state index in [1.807, 2.05) is 48.5 Å². The molecule has 0 amide bonds. The summed E-state index contributed by atoms with van der Waals surface area (Å²) in [6.07, 6.45) is 0. The van der Waals surface area contributed by atoms with Crippen LogP contribution in [0.1, 0.15) is 0 Å². The maximum Gasteiger partial charge on any atom is 0.180 e. The molecule has 6 nitrogen and oxygen atoms in total. The molecule has 0 aliphatic heterocycles. The van der Waals surface area contributed by atoms with Gasteiger partial charge in [-0.3, -0.25) is 0 Å². The second-order valence-electron chi connectivity index (χ2n) is 6.01. The fraction of sp³-hybridized carbons (Fsp3) is 0. The van der Waals surface area contributed by atoms with E-state index in [4.69, 9.17) is 26.7 Å². The molecule has 1 unspecified atom stereocenters. The third-order valence-corrected chi connectivity index (χ3v) is 5.79. The standard InChI is InChI=1S/C20H16ClN5OS2/c21-13-5-9-15(10-6-13)28-26-20-19(24-17-3-1-2-4-18(17)25-20)23-14-7-11-16(12-8-14)29(22)27/h1-12H,22H2,(H,23,24)(H,25,26). The van der Waals surface area contributed by atoms with Crippen LogP contribution in [-0.4, -0.2) is 14.2 Å². The molecule has 0 saturated heterocycles. The molecule has 3 aromatic carbocycles. The Hall–Kier alpha value is -2.65.